The SMILES string of the molecule is CCCCCCCCCCCCCCCCCCCC(=O)O[C@@H](COC(=O)CCCCCCCCCCCCCCCC)COC(=O)CCCCCCCCCC(C)C. The van der Waals surface area contributed by atoms with E-state index in [1.807, 2.05) is 0 Å². The minimum atomic E-state index is -0.761. The predicted molar refractivity (Wildman–Crippen MR) is 252 cm³/mol. The van der Waals surface area contributed by atoms with Crippen molar-refractivity contribution in [2.45, 2.75) is 303 Å². The highest BCUT2D eigenvalue weighted by molar-refractivity contribution is 5.71. The van der Waals surface area contributed by atoms with Gasteiger partial charge in [0.15, 0.2) is 6.10 Å². The van der Waals surface area contributed by atoms with Gasteiger partial charge in [0.1, 0.15) is 13.2 Å². The van der Waals surface area contributed by atoms with Gasteiger partial charge in [0.05, 0.1) is 0 Å². The van der Waals surface area contributed by atoms with Gasteiger partial charge in [-0.3, -0.25) is 14.4 Å². The van der Waals surface area contributed by atoms with E-state index < -0.39 is 6.10 Å². The molecule has 1 atom stereocenters. The zero-order chi connectivity index (χ0) is 43.1. The molecule has 0 saturated carbocycles. The van der Waals surface area contributed by atoms with Gasteiger partial charge in [-0.2, -0.15) is 0 Å². The quantitative estimate of drug-likeness (QED) is 0.0345. The Morgan fingerprint density at radius 2 is 0.559 bits per heavy atom. The Hall–Kier alpha value is -1.59. The molecule has 0 aromatic heterocycles. The Balaban J connectivity index is 4.27. The van der Waals surface area contributed by atoms with Gasteiger partial charge in [0, 0.05) is 19.3 Å². The van der Waals surface area contributed by atoms with Crippen molar-refractivity contribution < 1.29 is 28.6 Å². The van der Waals surface area contributed by atoms with Crippen LogP contribution in [0.1, 0.15) is 297 Å². The summed E-state index contributed by atoms with van der Waals surface area (Å²) < 4.78 is 16.8. The molecule has 0 fully saturated rings. The number of rotatable bonds is 48. The number of ether oxygens (including phenoxy) is 3. The zero-order valence-corrected chi connectivity index (χ0v) is 40.2. The maximum absolute atomic E-state index is 12.8. The van der Waals surface area contributed by atoms with Gasteiger partial charge < -0.3 is 14.2 Å². The highest BCUT2D eigenvalue weighted by atomic mass is 16.6. The van der Waals surface area contributed by atoms with Crippen LogP contribution in [0.5, 0.6) is 0 Å². The van der Waals surface area contributed by atoms with Crippen LogP contribution in [0.2, 0.25) is 0 Å². The fraction of sp³-hybridized carbons (Fsp3) is 0.943. The fourth-order valence-corrected chi connectivity index (χ4v) is 8.04. The molecule has 0 aromatic rings. The first-order valence-corrected chi connectivity index (χ1v) is 26.4. The molecule has 0 aromatic carbocycles. The van der Waals surface area contributed by atoms with Crippen molar-refractivity contribution in [2.75, 3.05) is 13.2 Å². The molecule has 0 unspecified atom stereocenters. The average molecular weight is 835 g/mol. The van der Waals surface area contributed by atoms with Gasteiger partial charge in [0.2, 0.25) is 0 Å². The summed E-state index contributed by atoms with van der Waals surface area (Å²) in [7, 11) is 0. The van der Waals surface area contributed by atoms with E-state index in [1.165, 1.54) is 193 Å². The van der Waals surface area contributed by atoms with Crippen LogP contribution in [0.25, 0.3) is 0 Å². The summed E-state index contributed by atoms with van der Waals surface area (Å²) in [5.74, 6) is -0.0643. The van der Waals surface area contributed by atoms with Crippen LogP contribution in [-0.4, -0.2) is 37.2 Å². The summed E-state index contributed by atoms with van der Waals surface area (Å²) in [6.45, 7) is 8.98. The van der Waals surface area contributed by atoms with E-state index in [2.05, 4.69) is 27.7 Å². The summed E-state index contributed by atoms with van der Waals surface area (Å²) in [4.78, 5) is 37.9. The van der Waals surface area contributed by atoms with Crippen molar-refractivity contribution in [2.24, 2.45) is 5.92 Å². The summed E-state index contributed by atoms with van der Waals surface area (Å²) >= 11 is 0. The van der Waals surface area contributed by atoms with Gasteiger partial charge in [-0.1, -0.05) is 259 Å². The van der Waals surface area contributed by atoms with Crippen LogP contribution in [0.3, 0.4) is 0 Å². The predicted octanol–water partition coefficient (Wildman–Crippen LogP) is 17.1. The summed E-state index contributed by atoms with van der Waals surface area (Å²) in [6.07, 6.45) is 49.5. The lowest BCUT2D eigenvalue weighted by atomic mass is 10.0. The van der Waals surface area contributed by atoms with Crippen molar-refractivity contribution in [1.82, 2.24) is 0 Å². The van der Waals surface area contributed by atoms with Gasteiger partial charge in [0.25, 0.3) is 0 Å². The van der Waals surface area contributed by atoms with Crippen molar-refractivity contribution in [3.63, 3.8) is 0 Å². The first-order valence-electron chi connectivity index (χ1n) is 26.4. The monoisotopic (exact) mass is 835 g/mol. The number of carbonyl (C=O) groups is 3. The van der Waals surface area contributed by atoms with E-state index >= 15 is 0 Å². The number of unbranched alkanes of at least 4 members (excludes halogenated alkanes) is 35. The summed E-state index contributed by atoms with van der Waals surface area (Å²) in [5.41, 5.74) is 0. The first kappa shape index (κ1) is 57.4. The molecule has 59 heavy (non-hydrogen) atoms. The third-order valence-electron chi connectivity index (χ3n) is 12.0. The molecule has 6 heteroatoms. The molecule has 350 valence electrons. The minimum absolute atomic E-state index is 0.0632. The molecule has 6 nitrogen and oxygen atoms in total. The number of hydrogen-bond acceptors (Lipinski definition) is 6. The maximum Gasteiger partial charge on any atom is 0.306 e. The average Bonchev–Trinajstić information content (AvgIpc) is 3.22. The lowest BCUT2D eigenvalue weighted by Gasteiger charge is -2.18. The standard InChI is InChI=1S/C53H102O6/c1-5-7-9-11-13-15-17-19-21-22-23-25-27-29-33-38-42-46-53(56)59-50(48-58-52(55)45-41-37-34-30-31-35-39-43-49(3)4)47-57-51(54)44-40-36-32-28-26-24-20-18-16-14-12-10-8-6-2/h49-50H,5-48H2,1-4H3/t50-/m0/s1. The third-order valence-corrected chi connectivity index (χ3v) is 12.0. The fourth-order valence-electron chi connectivity index (χ4n) is 8.04. The van der Waals surface area contributed by atoms with Gasteiger partial charge in [-0.15, -0.1) is 0 Å². The number of carbonyl (C=O) groups excluding carboxylic acids is 3. The van der Waals surface area contributed by atoms with Crippen LogP contribution < -0.4 is 0 Å². The van der Waals surface area contributed by atoms with Gasteiger partial charge >= 0.3 is 17.9 Å². The summed E-state index contributed by atoms with van der Waals surface area (Å²) in [5, 5.41) is 0. The third kappa shape index (κ3) is 47.3. The van der Waals surface area contributed by atoms with E-state index in [0.29, 0.717) is 19.3 Å². The second-order valence-corrected chi connectivity index (χ2v) is 18.6. The van der Waals surface area contributed by atoms with Crippen LogP contribution in [0.4, 0.5) is 0 Å². The molecule has 0 aliphatic carbocycles. The first-order chi connectivity index (χ1) is 28.9. The largest absolute Gasteiger partial charge is 0.462 e. The lowest BCUT2D eigenvalue weighted by molar-refractivity contribution is -0.167. The second kappa shape index (κ2) is 47.5. The van der Waals surface area contributed by atoms with Crippen molar-refractivity contribution in [1.29, 1.82) is 0 Å². The van der Waals surface area contributed by atoms with E-state index in [-0.39, 0.29) is 31.1 Å². The molecular formula is C53H102O6. The smallest absolute Gasteiger partial charge is 0.306 e. The molecule has 0 radical (unpaired) electrons. The molecule has 0 spiro atoms. The van der Waals surface area contributed by atoms with E-state index in [1.54, 1.807) is 0 Å². The van der Waals surface area contributed by atoms with Crippen LogP contribution in [-0.2, 0) is 28.6 Å². The molecule has 0 amide bonds. The normalized spacial score (nSPS) is 11.9. The van der Waals surface area contributed by atoms with E-state index in [4.69, 9.17) is 14.2 Å². The molecule has 0 heterocycles. The zero-order valence-electron chi connectivity index (χ0n) is 40.2. The summed E-state index contributed by atoms with van der Waals surface area (Å²) in [6, 6.07) is 0. The molecule has 0 N–H and O–H groups in total. The van der Waals surface area contributed by atoms with Crippen molar-refractivity contribution >= 4 is 17.9 Å². The maximum atomic E-state index is 12.8. The number of esters is 3. The molecule has 0 aliphatic heterocycles. The van der Waals surface area contributed by atoms with Crippen LogP contribution in [0.15, 0.2) is 0 Å². The lowest BCUT2D eigenvalue weighted by Crippen LogP contribution is -2.30. The molecule has 0 aliphatic rings. The minimum Gasteiger partial charge on any atom is -0.462 e. The highest BCUT2D eigenvalue weighted by Crippen LogP contribution is 2.17. The Bertz CT molecular complexity index is 887. The Morgan fingerprint density at radius 3 is 0.831 bits per heavy atom. The van der Waals surface area contributed by atoms with Gasteiger partial charge in [-0.05, 0) is 25.2 Å². The number of hydrogen-bond donors (Lipinski definition) is 0. The van der Waals surface area contributed by atoms with Crippen LogP contribution >= 0.6 is 0 Å². The highest BCUT2D eigenvalue weighted by Gasteiger charge is 2.19. The van der Waals surface area contributed by atoms with E-state index in [9.17, 15) is 14.4 Å². The molecular weight excluding hydrogens is 733 g/mol. The second-order valence-electron chi connectivity index (χ2n) is 18.6. The Labute approximate surface area is 368 Å². The van der Waals surface area contributed by atoms with Gasteiger partial charge in [-0.25, -0.2) is 0 Å². The Kier molecular flexibility index (Phi) is 46.2. The molecule has 0 rings (SSSR count). The van der Waals surface area contributed by atoms with Crippen molar-refractivity contribution in [3.05, 3.63) is 0 Å². The van der Waals surface area contributed by atoms with Crippen molar-refractivity contribution in [3.8, 4) is 0 Å². The van der Waals surface area contributed by atoms with E-state index in [0.717, 1.165) is 63.7 Å². The van der Waals surface area contributed by atoms with Crippen LogP contribution in [0, 0.1) is 5.92 Å². The molecule has 0 bridgehead atoms. The Morgan fingerprint density at radius 1 is 0.322 bits per heavy atom. The molecule has 0 saturated heterocycles. The topological polar surface area (TPSA) is 78.9 Å².